The van der Waals surface area contributed by atoms with E-state index in [4.69, 9.17) is 5.11 Å². The average Bonchev–Trinajstić information content (AvgIpc) is 2.38. The number of halogens is 1. The number of anilines is 1. The number of hydrogen-bond acceptors (Lipinski definition) is 3. The minimum atomic E-state index is -0.422. The Hall–Kier alpha value is -1.07. The number of carbonyl (C=O) groups excluding carboxylic acids is 1. The van der Waals surface area contributed by atoms with Gasteiger partial charge in [-0.15, -0.1) is 11.8 Å². The fourth-order valence-corrected chi connectivity index (χ4v) is 2.33. The van der Waals surface area contributed by atoms with Gasteiger partial charge >= 0.3 is 0 Å². The molecule has 0 aliphatic carbocycles. The van der Waals surface area contributed by atoms with Crippen LogP contribution in [-0.4, -0.2) is 28.6 Å². The SMILES string of the molecule is Cc1ccc(NC(=O)[C@H](C)SC[C@H](C)CO)c(F)c1. The molecule has 106 valence electrons. The zero-order chi connectivity index (χ0) is 14.4. The van der Waals surface area contributed by atoms with E-state index in [0.717, 1.165) is 5.56 Å². The molecule has 0 saturated heterocycles. The molecule has 5 heteroatoms. The van der Waals surface area contributed by atoms with E-state index in [0.29, 0.717) is 5.75 Å². The minimum Gasteiger partial charge on any atom is -0.396 e. The maximum absolute atomic E-state index is 13.6. The monoisotopic (exact) mass is 285 g/mol. The highest BCUT2D eigenvalue weighted by Gasteiger charge is 2.16. The number of carbonyl (C=O) groups is 1. The number of rotatable bonds is 6. The number of benzene rings is 1. The van der Waals surface area contributed by atoms with Gasteiger partial charge in [0.1, 0.15) is 5.82 Å². The molecule has 1 amide bonds. The lowest BCUT2D eigenvalue weighted by molar-refractivity contribution is -0.115. The Labute approximate surface area is 117 Å². The Bertz CT molecular complexity index is 439. The van der Waals surface area contributed by atoms with Gasteiger partial charge in [0.05, 0.1) is 10.9 Å². The Morgan fingerprint density at radius 1 is 1.47 bits per heavy atom. The third-order valence-corrected chi connectivity index (χ3v) is 4.17. The molecule has 19 heavy (non-hydrogen) atoms. The first-order valence-electron chi connectivity index (χ1n) is 6.23. The largest absolute Gasteiger partial charge is 0.396 e. The second-order valence-electron chi connectivity index (χ2n) is 4.74. The van der Waals surface area contributed by atoms with Crippen LogP contribution in [0.2, 0.25) is 0 Å². The quantitative estimate of drug-likeness (QED) is 0.845. The van der Waals surface area contributed by atoms with Crippen molar-refractivity contribution in [3.8, 4) is 0 Å². The standard InChI is InChI=1S/C14H20FNO2S/c1-9-4-5-13(12(15)6-9)16-14(18)11(3)19-8-10(2)7-17/h4-6,10-11,17H,7-8H2,1-3H3,(H,16,18)/t10-,11+/m1/s1. The first kappa shape index (κ1) is 16.0. The van der Waals surface area contributed by atoms with E-state index >= 15 is 0 Å². The average molecular weight is 285 g/mol. The highest BCUT2D eigenvalue weighted by molar-refractivity contribution is 8.00. The van der Waals surface area contributed by atoms with Crippen molar-refractivity contribution in [2.24, 2.45) is 5.92 Å². The molecule has 0 radical (unpaired) electrons. The minimum absolute atomic E-state index is 0.105. The van der Waals surface area contributed by atoms with Crippen LogP contribution >= 0.6 is 11.8 Å². The van der Waals surface area contributed by atoms with Crippen LogP contribution < -0.4 is 5.32 Å². The molecule has 0 saturated carbocycles. The fraction of sp³-hybridized carbons (Fsp3) is 0.500. The molecule has 1 rings (SSSR count). The highest BCUT2D eigenvalue weighted by atomic mass is 32.2. The van der Waals surface area contributed by atoms with Gasteiger partial charge in [-0.25, -0.2) is 4.39 Å². The van der Waals surface area contributed by atoms with Crippen LogP contribution in [0.3, 0.4) is 0 Å². The van der Waals surface area contributed by atoms with Crippen LogP contribution in [0, 0.1) is 18.7 Å². The molecule has 0 aliphatic rings. The number of amides is 1. The van der Waals surface area contributed by atoms with Crippen LogP contribution in [0.5, 0.6) is 0 Å². The van der Waals surface area contributed by atoms with Crippen LogP contribution in [0.25, 0.3) is 0 Å². The van der Waals surface area contributed by atoms with E-state index in [1.165, 1.54) is 17.8 Å². The van der Waals surface area contributed by atoms with Gasteiger partial charge in [-0.05, 0) is 43.2 Å². The summed E-state index contributed by atoms with van der Waals surface area (Å²) in [4.78, 5) is 11.9. The van der Waals surface area contributed by atoms with Crippen LogP contribution in [0.1, 0.15) is 19.4 Å². The molecule has 0 fully saturated rings. The Morgan fingerprint density at radius 2 is 2.16 bits per heavy atom. The van der Waals surface area contributed by atoms with Gasteiger partial charge < -0.3 is 10.4 Å². The third-order valence-electron chi connectivity index (χ3n) is 2.69. The van der Waals surface area contributed by atoms with Gasteiger partial charge in [-0.1, -0.05) is 13.0 Å². The van der Waals surface area contributed by atoms with Gasteiger partial charge in [-0.3, -0.25) is 4.79 Å². The van der Waals surface area contributed by atoms with Crippen LogP contribution in [0.4, 0.5) is 10.1 Å². The topological polar surface area (TPSA) is 49.3 Å². The summed E-state index contributed by atoms with van der Waals surface area (Å²) in [6, 6.07) is 4.71. The summed E-state index contributed by atoms with van der Waals surface area (Å²) in [6.45, 7) is 5.59. The summed E-state index contributed by atoms with van der Waals surface area (Å²) in [5.74, 6) is 0.199. The molecule has 0 aliphatic heterocycles. The van der Waals surface area contributed by atoms with Crippen LogP contribution in [-0.2, 0) is 4.79 Å². The number of aryl methyl sites for hydroxylation is 1. The zero-order valence-corrected chi connectivity index (χ0v) is 12.3. The van der Waals surface area contributed by atoms with Crippen molar-refractivity contribution in [1.29, 1.82) is 0 Å². The molecule has 0 spiro atoms. The summed E-state index contributed by atoms with van der Waals surface area (Å²) in [5, 5.41) is 11.2. The fourth-order valence-electron chi connectivity index (χ4n) is 1.39. The maximum Gasteiger partial charge on any atom is 0.237 e. The lowest BCUT2D eigenvalue weighted by Gasteiger charge is -2.14. The molecule has 2 atom stereocenters. The molecule has 1 aromatic rings. The van der Waals surface area contributed by atoms with E-state index in [9.17, 15) is 9.18 Å². The molecule has 0 unspecified atom stereocenters. The van der Waals surface area contributed by atoms with Crippen molar-refractivity contribution in [3.05, 3.63) is 29.6 Å². The third kappa shape index (κ3) is 5.20. The van der Waals surface area contributed by atoms with Crippen molar-refractivity contribution in [1.82, 2.24) is 0 Å². The molecule has 2 N–H and O–H groups in total. The molecule has 1 aromatic carbocycles. The number of aliphatic hydroxyl groups is 1. The molecular formula is C14H20FNO2S. The summed E-state index contributed by atoms with van der Waals surface area (Å²) in [7, 11) is 0. The first-order chi connectivity index (χ1) is 8.93. The van der Waals surface area contributed by atoms with E-state index in [1.807, 2.05) is 6.92 Å². The summed E-state index contributed by atoms with van der Waals surface area (Å²) in [5.41, 5.74) is 1.02. The van der Waals surface area contributed by atoms with Crippen LogP contribution in [0.15, 0.2) is 18.2 Å². The molecular weight excluding hydrogens is 265 g/mol. The summed E-state index contributed by atoms with van der Waals surface area (Å²) in [6.07, 6.45) is 0. The predicted molar refractivity (Wildman–Crippen MR) is 77.9 cm³/mol. The van der Waals surface area contributed by atoms with Crippen molar-refractivity contribution >= 4 is 23.4 Å². The molecule has 0 heterocycles. The van der Waals surface area contributed by atoms with Gasteiger partial charge in [0, 0.05) is 6.61 Å². The second kappa shape index (κ2) is 7.50. The normalized spacial score (nSPS) is 13.9. The summed E-state index contributed by atoms with van der Waals surface area (Å²) >= 11 is 1.45. The number of hydrogen-bond donors (Lipinski definition) is 2. The van der Waals surface area contributed by atoms with Crippen molar-refractivity contribution < 1.29 is 14.3 Å². The first-order valence-corrected chi connectivity index (χ1v) is 7.28. The van der Waals surface area contributed by atoms with Gasteiger partial charge in [-0.2, -0.15) is 0 Å². The van der Waals surface area contributed by atoms with Gasteiger partial charge in [0.2, 0.25) is 5.91 Å². The molecule has 3 nitrogen and oxygen atoms in total. The smallest absolute Gasteiger partial charge is 0.237 e. The van der Waals surface area contributed by atoms with Crippen molar-refractivity contribution in [3.63, 3.8) is 0 Å². The van der Waals surface area contributed by atoms with Crippen molar-refractivity contribution in [2.75, 3.05) is 17.7 Å². The Kier molecular flexibility index (Phi) is 6.31. The number of aliphatic hydroxyl groups excluding tert-OH is 1. The maximum atomic E-state index is 13.6. The molecule has 0 bridgehead atoms. The van der Waals surface area contributed by atoms with Gasteiger partial charge in [0.25, 0.3) is 0 Å². The van der Waals surface area contributed by atoms with E-state index < -0.39 is 5.82 Å². The summed E-state index contributed by atoms with van der Waals surface area (Å²) < 4.78 is 13.6. The lowest BCUT2D eigenvalue weighted by atomic mass is 10.2. The number of thioether (sulfide) groups is 1. The second-order valence-corrected chi connectivity index (χ2v) is 6.11. The van der Waals surface area contributed by atoms with Gasteiger partial charge in [0.15, 0.2) is 0 Å². The molecule has 0 aromatic heterocycles. The van der Waals surface area contributed by atoms with E-state index in [-0.39, 0.29) is 29.4 Å². The lowest BCUT2D eigenvalue weighted by Crippen LogP contribution is -2.24. The predicted octanol–water partition coefficient (Wildman–Crippen LogP) is 2.82. The zero-order valence-electron chi connectivity index (χ0n) is 11.4. The van der Waals surface area contributed by atoms with E-state index in [2.05, 4.69) is 5.32 Å². The Balaban J connectivity index is 2.54. The highest BCUT2D eigenvalue weighted by Crippen LogP contribution is 2.19. The van der Waals surface area contributed by atoms with Crippen molar-refractivity contribution in [2.45, 2.75) is 26.0 Å². The van der Waals surface area contributed by atoms with E-state index in [1.54, 1.807) is 26.0 Å². The Morgan fingerprint density at radius 3 is 2.74 bits per heavy atom. The number of nitrogens with one attached hydrogen (secondary N) is 1.